The molecular formula is C19H24N2O2. The van der Waals surface area contributed by atoms with Crippen LogP contribution in [0.2, 0.25) is 0 Å². The van der Waals surface area contributed by atoms with Gasteiger partial charge in [-0.3, -0.25) is 4.79 Å². The standard InChI is InChI=1S/C19H24N2O2/c1-20-11-8-15-16(6-4-7-17(15)20)18(22)21-12-10-19(23)9-3-2-5-14(19)13-21/h4,6-8,11,14,23H,2-3,5,9-10,12-13H2,1H3/t14-,19-/m0/s1. The second kappa shape index (κ2) is 5.38. The molecule has 2 heterocycles. The van der Waals surface area contributed by atoms with Crippen LogP contribution in [0.25, 0.3) is 10.9 Å². The van der Waals surface area contributed by atoms with Gasteiger partial charge in [-0.05, 0) is 37.5 Å². The molecule has 1 N–H and O–H groups in total. The van der Waals surface area contributed by atoms with Crippen molar-refractivity contribution >= 4 is 16.8 Å². The number of hydrogen-bond acceptors (Lipinski definition) is 2. The molecule has 1 aliphatic heterocycles. The lowest BCUT2D eigenvalue weighted by molar-refractivity contribution is -0.0885. The zero-order valence-electron chi connectivity index (χ0n) is 13.7. The first-order chi connectivity index (χ1) is 11.1. The van der Waals surface area contributed by atoms with Crippen molar-refractivity contribution in [1.82, 2.24) is 9.47 Å². The lowest BCUT2D eigenvalue weighted by Crippen LogP contribution is -2.54. The fraction of sp³-hybridized carbons (Fsp3) is 0.526. The van der Waals surface area contributed by atoms with Crippen LogP contribution in [0.15, 0.2) is 30.5 Å². The van der Waals surface area contributed by atoms with Gasteiger partial charge < -0.3 is 14.6 Å². The maximum absolute atomic E-state index is 13.0. The van der Waals surface area contributed by atoms with E-state index < -0.39 is 5.60 Å². The van der Waals surface area contributed by atoms with Gasteiger partial charge in [0.15, 0.2) is 0 Å². The number of carbonyl (C=O) groups excluding carboxylic acids is 1. The quantitative estimate of drug-likeness (QED) is 0.880. The molecule has 1 saturated carbocycles. The Morgan fingerprint density at radius 1 is 1.26 bits per heavy atom. The Hall–Kier alpha value is -1.81. The predicted molar refractivity (Wildman–Crippen MR) is 90.3 cm³/mol. The molecule has 4 heteroatoms. The fourth-order valence-corrected chi connectivity index (χ4v) is 4.41. The summed E-state index contributed by atoms with van der Waals surface area (Å²) in [5, 5.41) is 11.8. The van der Waals surface area contributed by atoms with Crippen LogP contribution in [0.1, 0.15) is 42.5 Å². The lowest BCUT2D eigenvalue weighted by atomic mass is 9.71. The van der Waals surface area contributed by atoms with Gasteiger partial charge in [0.05, 0.1) is 5.60 Å². The molecule has 0 unspecified atom stereocenters. The van der Waals surface area contributed by atoms with Crippen LogP contribution in [-0.4, -0.2) is 39.2 Å². The molecular weight excluding hydrogens is 288 g/mol. The molecule has 2 atom stereocenters. The van der Waals surface area contributed by atoms with Gasteiger partial charge in [0, 0.05) is 48.7 Å². The molecule has 0 spiro atoms. The number of rotatable bonds is 1. The molecule has 1 saturated heterocycles. The summed E-state index contributed by atoms with van der Waals surface area (Å²) in [5.74, 6) is 0.346. The smallest absolute Gasteiger partial charge is 0.254 e. The number of aliphatic hydroxyl groups is 1. The fourth-order valence-electron chi connectivity index (χ4n) is 4.41. The van der Waals surface area contributed by atoms with Crippen molar-refractivity contribution in [2.45, 2.75) is 37.7 Å². The van der Waals surface area contributed by atoms with E-state index in [1.54, 1.807) is 0 Å². The highest BCUT2D eigenvalue weighted by atomic mass is 16.3. The number of amides is 1. The number of carbonyl (C=O) groups is 1. The highest BCUT2D eigenvalue weighted by molar-refractivity contribution is 6.06. The Kier molecular flexibility index (Phi) is 3.45. The molecule has 1 amide bonds. The van der Waals surface area contributed by atoms with Crippen molar-refractivity contribution in [3.8, 4) is 0 Å². The molecule has 2 aromatic rings. The van der Waals surface area contributed by atoms with Gasteiger partial charge in [0.2, 0.25) is 0 Å². The number of aryl methyl sites for hydroxylation is 1. The summed E-state index contributed by atoms with van der Waals surface area (Å²) >= 11 is 0. The summed E-state index contributed by atoms with van der Waals surface area (Å²) < 4.78 is 2.04. The van der Waals surface area contributed by atoms with Crippen molar-refractivity contribution in [3.05, 3.63) is 36.0 Å². The topological polar surface area (TPSA) is 45.5 Å². The minimum atomic E-state index is -0.534. The van der Waals surface area contributed by atoms with E-state index in [0.717, 1.165) is 35.7 Å². The van der Waals surface area contributed by atoms with Crippen molar-refractivity contribution in [3.63, 3.8) is 0 Å². The Morgan fingerprint density at radius 2 is 2.13 bits per heavy atom. The second-order valence-electron chi connectivity index (χ2n) is 7.21. The van der Waals surface area contributed by atoms with E-state index in [0.29, 0.717) is 19.5 Å². The van der Waals surface area contributed by atoms with Crippen LogP contribution < -0.4 is 0 Å². The van der Waals surface area contributed by atoms with Crippen LogP contribution in [0.5, 0.6) is 0 Å². The predicted octanol–water partition coefficient (Wildman–Crippen LogP) is 2.95. The molecule has 2 fully saturated rings. The van der Waals surface area contributed by atoms with Gasteiger partial charge >= 0.3 is 0 Å². The van der Waals surface area contributed by atoms with E-state index >= 15 is 0 Å². The number of piperidine rings is 1. The molecule has 122 valence electrons. The van der Waals surface area contributed by atoms with Gasteiger partial charge in [0.1, 0.15) is 0 Å². The maximum Gasteiger partial charge on any atom is 0.254 e. The Bertz CT molecular complexity index is 751. The van der Waals surface area contributed by atoms with Crippen LogP contribution in [-0.2, 0) is 7.05 Å². The van der Waals surface area contributed by atoms with Crippen molar-refractivity contribution in [2.24, 2.45) is 13.0 Å². The SMILES string of the molecule is Cn1ccc2c(C(=O)N3CC[C@@]4(O)CCCC[C@H]4C3)cccc21. The van der Waals surface area contributed by atoms with Crippen LogP contribution in [0.3, 0.4) is 0 Å². The largest absolute Gasteiger partial charge is 0.389 e. The molecule has 23 heavy (non-hydrogen) atoms. The van der Waals surface area contributed by atoms with Gasteiger partial charge in [-0.2, -0.15) is 0 Å². The minimum absolute atomic E-state index is 0.106. The van der Waals surface area contributed by atoms with E-state index in [9.17, 15) is 9.90 Å². The summed E-state index contributed by atoms with van der Waals surface area (Å²) in [6.45, 7) is 1.35. The summed E-state index contributed by atoms with van der Waals surface area (Å²) in [7, 11) is 2.00. The van der Waals surface area contributed by atoms with Crippen LogP contribution in [0.4, 0.5) is 0 Å². The number of benzene rings is 1. The first kappa shape index (κ1) is 14.8. The average Bonchev–Trinajstić information content (AvgIpc) is 2.95. The van der Waals surface area contributed by atoms with Gasteiger partial charge in [-0.25, -0.2) is 0 Å². The number of fused-ring (bicyclic) bond motifs is 2. The van der Waals surface area contributed by atoms with Crippen molar-refractivity contribution < 1.29 is 9.90 Å². The summed E-state index contributed by atoms with van der Waals surface area (Å²) in [5.41, 5.74) is 1.33. The van der Waals surface area contributed by atoms with Crippen LogP contribution in [0, 0.1) is 5.92 Å². The zero-order valence-corrected chi connectivity index (χ0v) is 13.7. The molecule has 4 rings (SSSR count). The Balaban J connectivity index is 1.62. The van der Waals surface area contributed by atoms with E-state index in [2.05, 4.69) is 0 Å². The molecule has 2 aliphatic rings. The molecule has 1 aromatic heterocycles. The van der Waals surface area contributed by atoms with Gasteiger partial charge in [-0.1, -0.05) is 18.9 Å². The van der Waals surface area contributed by atoms with Crippen molar-refractivity contribution in [1.29, 1.82) is 0 Å². The second-order valence-corrected chi connectivity index (χ2v) is 7.21. The zero-order chi connectivity index (χ0) is 16.0. The number of likely N-dealkylation sites (tertiary alicyclic amines) is 1. The molecule has 0 radical (unpaired) electrons. The highest BCUT2D eigenvalue weighted by Gasteiger charge is 2.43. The third-order valence-corrected chi connectivity index (χ3v) is 5.87. The third-order valence-electron chi connectivity index (χ3n) is 5.87. The molecule has 4 nitrogen and oxygen atoms in total. The molecule has 1 aliphatic carbocycles. The first-order valence-electron chi connectivity index (χ1n) is 8.64. The van der Waals surface area contributed by atoms with Crippen molar-refractivity contribution in [2.75, 3.05) is 13.1 Å². The summed E-state index contributed by atoms with van der Waals surface area (Å²) in [6, 6.07) is 7.94. The molecule has 1 aromatic carbocycles. The minimum Gasteiger partial charge on any atom is -0.389 e. The molecule has 0 bridgehead atoms. The van der Waals surface area contributed by atoms with E-state index in [-0.39, 0.29) is 11.8 Å². The average molecular weight is 312 g/mol. The number of aromatic nitrogens is 1. The van der Waals surface area contributed by atoms with Crippen LogP contribution >= 0.6 is 0 Å². The maximum atomic E-state index is 13.0. The summed E-state index contributed by atoms with van der Waals surface area (Å²) in [4.78, 5) is 15.0. The van der Waals surface area contributed by atoms with Gasteiger partial charge in [0.25, 0.3) is 5.91 Å². The monoisotopic (exact) mass is 312 g/mol. The number of nitrogens with zero attached hydrogens (tertiary/aromatic N) is 2. The summed E-state index contributed by atoms with van der Waals surface area (Å²) in [6.07, 6.45) is 6.93. The first-order valence-corrected chi connectivity index (χ1v) is 8.64. The van der Waals surface area contributed by atoms with E-state index in [1.165, 1.54) is 6.42 Å². The highest BCUT2D eigenvalue weighted by Crippen LogP contribution is 2.40. The van der Waals surface area contributed by atoms with E-state index in [4.69, 9.17) is 0 Å². The Morgan fingerprint density at radius 3 is 3.00 bits per heavy atom. The third kappa shape index (κ3) is 2.36. The number of hydrogen-bond donors (Lipinski definition) is 1. The van der Waals surface area contributed by atoms with Gasteiger partial charge in [-0.15, -0.1) is 0 Å². The normalized spacial score (nSPS) is 27.9. The van der Waals surface area contributed by atoms with E-state index in [1.807, 2.05) is 47.0 Å². The Labute approximate surface area is 136 Å². The lowest BCUT2D eigenvalue weighted by Gasteiger charge is -2.47.